The minimum Gasteiger partial charge on any atom is -0.507 e. The molecule has 0 bridgehead atoms. The van der Waals surface area contributed by atoms with Crippen LogP contribution in [0.4, 0.5) is 0 Å². The van der Waals surface area contributed by atoms with Crippen molar-refractivity contribution in [3.8, 4) is 28.7 Å². The number of benzene rings is 2. The lowest BCUT2D eigenvalue weighted by Gasteiger charge is -2.30. The summed E-state index contributed by atoms with van der Waals surface area (Å²) in [6, 6.07) is 4.35. The summed E-state index contributed by atoms with van der Waals surface area (Å²) in [6.45, 7) is 7.91. The predicted octanol–water partition coefficient (Wildman–Crippen LogP) is 5.54. The number of phenolic OH excluding ortho intramolecular Hbond substituents is 3. The van der Waals surface area contributed by atoms with Crippen molar-refractivity contribution in [1.29, 1.82) is 0 Å². The molecule has 0 radical (unpaired) electrons. The second kappa shape index (κ2) is 9.39. The highest BCUT2D eigenvalue weighted by Crippen LogP contribution is 2.49. The predicted molar refractivity (Wildman–Crippen MR) is 123 cm³/mol. The van der Waals surface area contributed by atoms with Crippen LogP contribution in [0.25, 0.3) is 0 Å². The van der Waals surface area contributed by atoms with Crippen molar-refractivity contribution in [2.75, 3.05) is 7.11 Å². The van der Waals surface area contributed by atoms with Gasteiger partial charge < -0.3 is 24.8 Å². The molecule has 32 heavy (non-hydrogen) atoms. The van der Waals surface area contributed by atoms with Crippen LogP contribution in [-0.4, -0.2) is 28.2 Å². The lowest BCUT2D eigenvalue weighted by Crippen LogP contribution is -2.22. The number of hydrogen-bond donors (Lipinski definition) is 3. The number of Topliss-reactive ketones (excluding diaryl/α,β-unsaturated/α-hetero) is 1. The Labute approximate surface area is 188 Å². The maximum atomic E-state index is 13.2. The first-order valence-electron chi connectivity index (χ1n) is 10.6. The van der Waals surface area contributed by atoms with E-state index in [-0.39, 0.29) is 35.0 Å². The molecule has 0 aliphatic carbocycles. The van der Waals surface area contributed by atoms with Crippen LogP contribution in [0.2, 0.25) is 0 Å². The van der Waals surface area contributed by atoms with Crippen LogP contribution in [0.1, 0.15) is 67.3 Å². The van der Waals surface area contributed by atoms with Crippen molar-refractivity contribution >= 4 is 5.78 Å². The van der Waals surface area contributed by atoms with Crippen molar-refractivity contribution in [1.82, 2.24) is 0 Å². The molecule has 1 aliphatic rings. The summed E-state index contributed by atoms with van der Waals surface area (Å²) in [5.74, 6) is -0.103. The first kappa shape index (κ1) is 23.3. The molecule has 0 fully saturated rings. The minimum absolute atomic E-state index is 0.00126. The van der Waals surface area contributed by atoms with Gasteiger partial charge in [0.1, 0.15) is 28.9 Å². The van der Waals surface area contributed by atoms with Gasteiger partial charge in [-0.2, -0.15) is 0 Å². The Balaban J connectivity index is 2.21. The zero-order chi connectivity index (χ0) is 23.6. The molecule has 1 heterocycles. The molecule has 0 amide bonds. The Morgan fingerprint density at radius 2 is 1.66 bits per heavy atom. The second-order valence-electron chi connectivity index (χ2n) is 8.50. The van der Waals surface area contributed by atoms with Crippen LogP contribution in [0.5, 0.6) is 28.7 Å². The molecule has 0 saturated heterocycles. The van der Waals surface area contributed by atoms with E-state index in [1.807, 2.05) is 39.8 Å². The van der Waals surface area contributed by atoms with Gasteiger partial charge in [-0.15, -0.1) is 0 Å². The summed E-state index contributed by atoms with van der Waals surface area (Å²) in [5, 5.41) is 30.6. The molecule has 170 valence electrons. The number of phenols is 3. The average Bonchev–Trinajstić information content (AvgIpc) is 2.73. The van der Waals surface area contributed by atoms with Crippen molar-refractivity contribution < 1.29 is 29.6 Å². The van der Waals surface area contributed by atoms with E-state index in [1.165, 1.54) is 12.1 Å². The van der Waals surface area contributed by atoms with Crippen LogP contribution in [0.15, 0.2) is 41.5 Å². The minimum atomic E-state index is -0.667. The number of carbonyl (C=O) groups is 1. The number of aromatic hydroxyl groups is 3. The maximum Gasteiger partial charge on any atom is 0.174 e. The molecule has 1 aliphatic heterocycles. The topological polar surface area (TPSA) is 96.2 Å². The molecule has 0 aromatic heterocycles. The Bertz CT molecular complexity index is 1100. The van der Waals surface area contributed by atoms with Gasteiger partial charge in [0.2, 0.25) is 0 Å². The molecular weight excluding hydrogens is 408 g/mol. The number of hydrogen-bond acceptors (Lipinski definition) is 6. The Hall–Kier alpha value is -3.41. The van der Waals surface area contributed by atoms with E-state index in [0.717, 1.165) is 11.1 Å². The number of ether oxygens (including phenoxy) is 2. The van der Waals surface area contributed by atoms with Crippen molar-refractivity contribution in [2.45, 2.75) is 53.1 Å². The summed E-state index contributed by atoms with van der Waals surface area (Å²) >= 11 is 0. The van der Waals surface area contributed by atoms with Gasteiger partial charge in [-0.05, 0) is 58.2 Å². The van der Waals surface area contributed by atoms with E-state index in [2.05, 4.69) is 0 Å². The molecule has 1 unspecified atom stereocenters. The van der Waals surface area contributed by atoms with Gasteiger partial charge >= 0.3 is 0 Å². The Morgan fingerprint density at radius 1 is 1.03 bits per heavy atom. The third-order valence-electron chi connectivity index (χ3n) is 5.49. The SMILES string of the molecule is COc1c(CC=C(C)C)c(O)c2c(c1CC=C(C)C)OC(c1ccc(O)c(O)c1)CC2=O. The van der Waals surface area contributed by atoms with Crippen LogP contribution >= 0.6 is 0 Å². The van der Waals surface area contributed by atoms with E-state index in [1.54, 1.807) is 13.2 Å². The van der Waals surface area contributed by atoms with E-state index >= 15 is 0 Å². The van der Waals surface area contributed by atoms with E-state index in [9.17, 15) is 20.1 Å². The first-order chi connectivity index (χ1) is 15.1. The number of rotatable bonds is 6. The Kier molecular flexibility index (Phi) is 6.82. The molecule has 2 aromatic carbocycles. The van der Waals surface area contributed by atoms with Crippen molar-refractivity contribution in [3.05, 3.63) is 63.8 Å². The molecular formula is C26H30O6. The number of allylic oxidation sites excluding steroid dienone is 4. The van der Waals surface area contributed by atoms with Crippen molar-refractivity contribution in [2.24, 2.45) is 0 Å². The third kappa shape index (κ3) is 4.59. The highest BCUT2D eigenvalue weighted by atomic mass is 16.5. The molecule has 0 spiro atoms. The van der Waals surface area contributed by atoms with E-state index < -0.39 is 6.10 Å². The largest absolute Gasteiger partial charge is 0.507 e. The molecule has 1 atom stereocenters. The monoisotopic (exact) mass is 438 g/mol. The fourth-order valence-electron chi connectivity index (χ4n) is 3.81. The molecule has 6 nitrogen and oxygen atoms in total. The normalized spacial score (nSPS) is 14.9. The smallest absolute Gasteiger partial charge is 0.174 e. The lowest BCUT2D eigenvalue weighted by molar-refractivity contribution is 0.0841. The number of methoxy groups -OCH3 is 1. The van der Waals surface area contributed by atoms with Crippen LogP contribution in [0.3, 0.4) is 0 Å². The Morgan fingerprint density at radius 3 is 2.22 bits per heavy atom. The maximum absolute atomic E-state index is 13.2. The molecule has 3 N–H and O–H groups in total. The fraction of sp³-hybridized carbons (Fsp3) is 0.346. The number of fused-ring (bicyclic) bond motifs is 1. The molecule has 3 rings (SSSR count). The summed E-state index contributed by atoms with van der Waals surface area (Å²) in [6.07, 6.45) is 4.22. The molecule has 2 aromatic rings. The van der Waals surface area contributed by atoms with Gasteiger partial charge in [-0.1, -0.05) is 29.4 Å². The van der Waals surface area contributed by atoms with Gasteiger partial charge in [0, 0.05) is 11.1 Å². The standard InChI is InChI=1S/C26H30O6/c1-14(2)6-9-17-24(30)23-21(29)13-22(16-8-11-19(27)20(28)12-16)32-26(23)18(25(17)31-5)10-7-15(3)4/h6-8,11-12,22,27-28,30H,9-10,13H2,1-5H3. The second-order valence-corrected chi connectivity index (χ2v) is 8.50. The van der Waals surface area contributed by atoms with Gasteiger partial charge in [0.25, 0.3) is 0 Å². The van der Waals surface area contributed by atoms with Crippen molar-refractivity contribution in [3.63, 3.8) is 0 Å². The number of ketones is 1. The zero-order valence-electron chi connectivity index (χ0n) is 19.2. The summed E-state index contributed by atoms with van der Waals surface area (Å²) in [4.78, 5) is 13.2. The van der Waals surface area contributed by atoms with E-state index in [4.69, 9.17) is 9.47 Å². The highest BCUT2D eigenvalue weighted by molar-refractivity contribution is 6.04. The number of carbonyl (C=O) groups excluding carboxylic acids is 1. The van der Waals surface area contributed by atoms with Gasteiger partial charge in [0.05, 0.1) is 13.5 Å². The van der Waals surface area contributed by atoms with Gasteiger partial charge in [-0.3, -0.25) is 4.79 Å². The molecule has 0 saturated carbocycles. The zero-order valence-corrected chi connectivity index (χ0v) is 19.2. The van der Waals surface area contributed by atoms with E-state index in [0.29, 0.717) is 41.0 Å². The van der Waals surface area contributed by atoms with Crippen LogP contribution < -0.4 is 9.47 Å². The lowest BCUT2D eigenvalue weighted by atomic mass is 9.89. The van der Waals surface area contributed by atoms with Gasteiger partial charge in [-0.25, -0.2) is 0 Å². The quantitative estimate of drug-likeness (QED) is 0.405. The third-order valence-corrected chi connectivity index (χ3v) is 5.49. The average molecular weight is 439 g/mol. The van der Waals surface area contributed by atoms with Crippen LogP contribution in [0, 0.1) is 0 Å². The summed E-state index contributed by atoms with van der Waals surface area (Å²) in [5.41, 5.74) is 4.16. The summed E-state index contributed by atoms with van der Waals surface area (Å²) in [7, 11) is 1.54. The highest BCUT2D eigenvalue weighted by Gasteiger charge is 2.36. The summed E-state index contributed by atoms with van der Waals surface area (Å²) < 4.78 is 12.0. The van der Waals surface area contributed by atoms with Gasteiger partial charge in [0.15, 0.2) is 17.3 Å². The molecule has 6 heteroatoms. The fourth-order valence-corrected chi connectivity index (χ4v) is 3.81. The first-order valence-corrected chi connectivity index (χ1v) is 10.6. The van der Waals surface area contributed by atoms with Crippen LogP contribution in [-0.2, 0) is 12.8 Å².